The lowest BCUT2D eigenvalue weighted by atomic mass is 10.1. The normalized spacial score (nSPS) is 11.8. The number of ether oxygens (including phenoxy) is 2. The Kier molecular flexibility index (Phi) is 9.28. The Morgan fingerprint density at radius 2 is 2.00 bits per heavy atom. The number of nitrogens with one attached hydrogen (secondary N) is 1. The van der Waals surface area contributed by atoms with Crippen LogP contribution in [0.3, 0.4) is 0 Å². The summed E-state index contributed by atoms with van der Waals surface area (Å²) in [4.78, 5) is 15.6. The van der Waals surface area contributed by atoms with Gasteiger partial charge < -0.3 is 14.5 Å². The van der Waals surface area contributed by atoms with E-state index in [1.165, 1.54) is 0 Å². The Labute approximate surface area is 190 Å². The molecule has 1 heterocycles. The van der Waals surface area contributed by atoms with Crippen molar-refractivity contribution in [3.05, 3.63) is 55.1 Å². The molecule has 1 aromatic heterocycles. The van der Waals surface area contributed by atoms with E-state index in [2.05, 4.69) is 20.9 Å². The second kappa shape index (κ2) is 11.2. The highest BCUT2D eigenvalue weighted by atomic mass is 79.9. The van der Waals surface area contributed by atoms with Crippen LogP contribution in [0.4, 0.5) is 0 Å². The van der Waals surface area contributed by atoms with Gasteiger partial charge in [-0.05, 0) is 73.7 Å². The molecule has 4 nitrogen and oxygen atoms in total. The predicted octanol–water partition coefficient (Wildman–Crippen LogP) is 7.19. The number of fused-ring (bicyclic) bond motifs is 1. The molecule has 0 saturated heterocycles. The third-order valence-electron chi connectivity index (χ3n) is 4.46. The largest absolute Gasteiger partial charge is 0.461 e. The Balaban J connectivity index is 2.08. The number of allylic oxidation sites excluding steroid dienone is 3. The van der Waals surface area contributed by atoms with Crippen molar-refractivity contribution < 1.29 is 14.3 Å². The molecular weight excluding hydrogens is 477 g/mol. The molecule has 0 amide bonds. The molecule has 1 N–H and O–H groups in total. The van der Waals surface area contributed by atoms with Crippen LogP contribution in [0.2, 0.25) is 5.02 Å². The first-order chi connectivity index (χ1) is 13.8. The number of aromatic amines is 1. The van der Waals surface area contributed by atoms with Gasteiger partial charge in [0, 0.05) is 17.0 Å². The van der Waals surface area contributed by atoms with Crippen molar-refractivity contribution in [2.24, 2.45) is 0 Å². The number of hydrogen-bond acceptors (Lipinski definition) is 3. The zero-order chi connectivity index (χ0) is 21.6. The number of halogens is 3. The molecule has 2 rings (SSSR count). The smallest absolute Gasteiger partial charge is 0.355 e. The first-order valence-electron chi connectivity index (χ1n) is 9.51. The second-order valence-corrected chi connectivity index (χ2v) is 8.44. The zero-order valence-corrected chi connectivity index (χ0v) is 20.2. The maximum Gasteiger partial charge on any atom is 0.355 e. The maximum absolute atomic E-state index is 12.4. The third kappa shape index (κ3) is 6.11. The van der Waals surface area contributed by atoms with E-state index in [0.29, 0.717) is 37.0 Å². The zero-order valence-electron chi connectivity index (χ0n) is 17.1. The number of esters is 1. The number of rotatable bonds is 9. The Hall–Kier alpha value is -1.27. The summed E-state index contributed by atoms with van der Waals surface area (Å²) in [7, 11) is 0. The predicted molar refractivity (Wildman–Crippen MR) is 124 cm³/mol. The van der Waals surface area contributed by atoms with Gasteiger partial charge in [0.25, 0.3) is 0 Å². The molecule has 0 spiro atoms. The van der Waals surface area contributed by atoms with Crippen LogP contribution in [0.1, 0.15) is 50.2 Å². The molecule has 1 aromatic carbocycles. The quantitative estimate of drug-likeness (QED) is 0.224. The molecule has 0 fully saturated rings. The molecule has 0 aliphatic heterocycles. The molecular formula is C22H26BrCl2NO3. The van der Waals surface area contributed by atoms with Crippen molar-refractivity contribution in [3.63, 3.8) is 0 Å². The summed E-state index contributed by atoms with van der Waals surface area (Å²) in [6.45, 7) is 9.10. The highest BCUT2D eigenvalue weighted by Crippen LogP contribution is 2.34. The first kappa shape index (κ1) is 24.0. The molecule has 0 aliphatic rings. The van der Waals surface area contributed by atoms with E-state index in [1.54, 1.807) is 6.92 Å². The van der Waals surface area contributed by atoms with Crippen LogP contribution in [-0.4, -0.2) is 30.8 Å². The van der Waals surface area contributed by atoms with Crippen LogP contribution in [-0.2, 0) is 15.9 Å². The van der Waals surface area contributed by atoms with Gasteiger partial charge in [0.15, 0.2) is 0 Å². The van der Waals surface area contributed by atoms with Crippen LogP contribution in [0.25, 0.3) is 10.9 Å². The molecule has 0 radical (unpaired) electrons. The van der Waals surface area contributed by atoms with E-state index in [-0.39, 0.29) is 5.97 Å². The van der Waals surface area contributed by atoms with Crippen molar-refractivity contribution in [1.82, 2.24) is 4.98 Å². The number of aromatic nitrogens is 1. The second-order valence-electron chi connectivity index (χ2n) is 6.86. The Morgan fingerprint density at radius 1 is 1.28 bits per heavy atom. The van der Waals surface area contributed by atoms with E-state index >= 15 is 0 Å². The fraction of sp³-hybridized carbons (Fsp3) is 0.409. The van der Waals surface area contributed by atoms with Gasteiger partial charge in [-0.15, -0.1) is 0 Å². The number of aryl methyl sites for hydroxylation is 1. The summed E-state index contributed by atoms with van der Waals surface area (Å²) in [5.41, 5.74) is 4.27. The molecule has 29 heavy (non-hydrogen) atoms. The van der Waals surface area contributed by atoms with Crippen molar-refractivity contribution in [2.45, 2.75) is 40.5 Å². The maximum atomic E-state index is 12.4. The van der Waals surface area contributed by atoms with Crippen molar-refractivity contribution in [3.8, 4) is 0 Å². The summed E-state index contributed by atoms with van der Waals surface area (Å²) in [5, 5.41) is 2.31. The van der Waals surface area contributed by atoms with Crippen LogP contribution >= 0.6 is 39.1 Å². The van der Waals surface area contributed by atoms with Crippen LogP contribution in [0.5, 0.6) is 0 Å². The monoisotopic (exact) mass is 501 g/mol. The van der Waals surface area contributed by atoms with Gasteiger partial charge in [-0.2, -0.15) is 0 Å². The fourth-order valence-electron chi connectivity index (χ4n) is 3.00. The van der Waals surface area contributed by atoms with E-state index in [0.717, 1.165) is 43.5 Å². The fourth-order valence-corrected chi connectivity index (χ4v) is 3.68. The number of carbonyl (C=O) groups excluding carboxylic acids is 1. The van der Waals surface area contributed by atoms with E-state index < -0.39 is 0 Å². The van der Waals surface area contributed by atoms with Crippen molar-refractivity contribution in [2.75, 3.05) is 19.8 Å². The van der Waals surface area contributed by atoms with Gasteiger partial charge in [0.1, 0.15) is 5.69 Å². The number of hydrogen-bond donors (Lipinski definition) is 1. The minimum absolute atomic E-state index is 0.318. The third-order valence-corrected chi connectivity index (χ3v) is 6.50. The van der Waals surface area contributed by atoms with Gasteiger partial charge in [-0.25, -0.2) is 4.79 Å². The molecule has 0 saturated carbocycles. The Morgan fingerprint density at radius 3 is 2.66 bits per heavy atom. The van der Waals surface area contributed by atoms with E-state index in [9.17, 15) is 4.79 Å². The SMILES string of the molecule is CCOC(=O)c1[nH]c2c(Br)c(Cl)ccc2c1CCCOCC=C(C)C(Cl)=C(C)C. The molecule has 0 bridgehead atoms. The van der Waals surface area contributed by atoms with Gasteiger partial charge in [-0.3, -0.25) is 0 Å². The average molecular weight is 503 g/mol. The summed E-state index contributed by atoms with van der Waals surface area (Å²) in [5.74, 6) is -0.363. The van der Waals surface area contributed by atoms with Gasteiger partial charge in [0.2, 0.25) is 0 Å². The topological polar surface area (TPSA) is 51.3 Å². The van der Waals surface area contributed by atoms with Crippen molar-refractivity contribution in [1.29, 1.82) is 0 Å². The standard InChI is InChI=1S/C22H26BrCl2NO3/c1-5-29-22(27)21-15(16-8-9-17(24)18(23)20(16)26-21)7-6-11-28-12-10-14(4)19(25)13(2)3/h8-10,26H,5-7,11-12H2,1-4H3. The number of benzene rings is 1. The lowest BCUT2D eigenvalue weighted by Crippen LogP contribution is -2.08. The molecule has 7 heteroatoms. The average Bonchev–Trinajstić information content (AvgIpc) is 3.06. The minimum Gasteiger partial charge on any atom is -0.461 e. The summed E-state index contributed by atoms with van der Waals surface area (Å²) < 4.78 is 11.7. The van der Waals surface area contributed by atoms with Crippen molar-refractivity contribution >= 4 is 56.0 Å². The van der Waals surface area contributed by atoms with Gasteiger partial charge >= 0.3 is 5.97 Å². The van der Waals surface area contributed by atoms with Crippen LogP contribution in [0.15, 0.2) is 38.9 Å². The first-order valence-corrected chi connectivity index (χ1v) is 11.1. The van der Waals surface area contributed by atoms with Gasteiger partial charge in [0.05, 0.1) is 28.2 Å². The lowest BCUT2D eigenvalue weighted by Gasteiger charge is -2.06. The van der Waals surface area contributed by atoms with Gasteiger partial charge in [-0.1, -0.05) is 40.9 Å². The molecule has 0 atom stereocenters. The summed E-state index contributed by atoms with van der Waals surface area (Å²) in [6.07, 6.45) is 3.42. The lowest BCUT2D eigenvalue weighted by molar-refractivity contribution is 0.0519. The summed E-state index contributed by atoms with van der Waals surface area (Å²) in [6, 6.07) is 3.74. The summed E-state index contributed by atoms with van der Waals surface area (Å²) >= 11 is 15.9. The highest BCUT2D eigenvalue weighted by Gasteiger charge is 2.20. The number of H-pyrrole nitrogens is 1. The minimum atomic E-state index is -0.363. The van der Waals surface area contributed by atoms with E-state index in [1.807, 2.05) is 39.0 Å². The number of carbonyl (C=O) groups is 1. The highest BCUT2D eigenvalue weighted by molar-refractivity contribution is 9.10. The molecule has 0 aliphatic carbocycles. The van der Waals surface area contributed by atoms with Crippen LogP contribution in [0, 0.1) is 0 Å². The van der Waals surface area contributed by atoms with E-state index in [4.69, 9.17) is 32.7 Å². The van der Waals surface area contributed by atoms with Crippen LogP contribution < -0.4 is 0 Å². The molecule has 158 valence electrons. The Bertz CT molecular complexity index is 943. The molecule has 0 unspecified atom stereocenters. The molecule has 2 aromatic rings.